The molecule has 0 radical (unpaired) electrons. The highest BCUT2D eigenvalue weighted by Gasteiger charge is 2.39. The molecule has 1 aromatic heterocycles. The summed E-state index contributed by atoms with van der Waals surface area (Å²) in [5.41, 5.74) is 12.4. The zero-order valence-corrected chi connectivity index (χ0v) is 47.3. The van der Waals surface area contributed by atoms with Crippen LogP contribution in [0, 0.1) is 13.8 Å². The van der Waals surface area contributed by atoms with Crippen LogP contribution >= 0.6 is 0 Å². The lowest BCUT2D eigenvalue weighted by Gasteiger charge is -2.37. The van der Waals surface area contributed by atoms with Gasteiger partial charge in [-0.15, -0.1) is 0 Å². The summed E-state index contributed by atoms with van der Waals surface area (Å²) in [6.45, 7) is 3.85. The number of aromatic nitrogens is 2. The second-order valence-corrected chi connectivity index (χ2v) is 21.0. The summed E-state index contributed by atoms with van der Waals surface area (Å²) in [5.74, 6) is 0.408. The van der Waals surface area contributed by atoms with Gasteiger partial charge in [-0.2, -0.15) is 0 Å². The predicted octanol–water partition coefficient (Wildman–Crippen LogP) is 13.0. The quantitative estimate of drug-likeness (QED) is 0.0604. The molecule has 0 bridgehead atoms. The Labute approximate surface area is 490 Å². The number of aryl methyl sites for hydroxylation is 2. The van der Waals surface area contributed by atoms with Crippen molar-refractivity contribution in [3.8, 4) is 28.4 Å². The van der Waals surface area contributed by atoms with Gasteiger partial charge in [0.1, 0.15) is 35.4 Å². The molecule has 1 aliphatic carbocycles. The van der Waals surface area contributed by atoms with E-state index in [1.165, 1.54) is 0 Å². The molecular formula is C72H65N5O7. The minimum atomic E-state index is -1.21. The van der Waals surface area contributed by atoms with Crippen molar-refractivity contribution in [3.05, 3.63) is 310 Å². The molecule has 1 heterocycles. The van der Waals surface area contributed by atoms with E-state index in [0.717, 1.165) is 61.2 Å². The van der Waals surface area contributed by atoms with Crippen LogP contribution in [0.4, 0.5) is 4.79 Å². The average molecular weight is 1110 g/mol. The Bertz CT molecular complexity index is 3680. The third kappa shape index (κ3) is 11.9. The van der Waals surface area contributed by atoms with Gasteiger partial charge in [0, 0.05) is 30.2 Å². The first-order chi connectivity index (χ1) is 41.1. The van der Waals surface area contributed by atoms with Crippen molar-refractivity contribution in [2.75, 3.05) is 27.4 Å². The largest absolute Gasteiger partial charge is 0.497 e. The smallest absolute Gasteiger partial charge is 0.407 e. The lowest BCUT2D eigenvalue weighted by atomic mass is 9.77. The van der Waals surface area contributed by atoms with Crippen LogP contribution in [0.25, 0.3) is 11.1 Å². The molecule has 11 rings (SSSR count). The number of fused-ring (bicyclic) bond motifs is 3. The number of hydrogen-bond donors (Lipinski definition) is 3. The monoisotopic (exact) mass is 1110 g/mol. The molecule has 0 fully saturated rings. The normalized spacial score (nSPS) is 12.5. The molecule has 12 heteroatoms. The van der Waals surface area contributed by atoms with E-state index >= 15 is 4.79 Å². The number of methoxy groups -OCH3 is 2. The Morgan fingerprint density at radius 1 is 0.548 bits per heavy atom. The van der Waals surface area contributed by atoms with Crippen molar-refractivity contribution in [2.45, 2.75) is 49.9 Å². The number of carbonyl (C=O) groups excluding carboxylic acids is 3. The molecule has 1 aliphatic rings. The second-order valence-electron chi connectivity index (χ2n) is 21.0. The Balaban J connectivity index is 0.900. The molecule has 1 unspecified atom stereocenters. The standard InChI is InChI=1S/C72H65N5O7/c1-48-28-32-50(33-29-48)68(51-34-30-49(2)31-35-51)75-67(78)46-83-57-38-36-52(37-39-57)69(63-41-40-58(81-3)43-66(63)82-4)76-70(79)65(74-71(80)84-45-64-61-26-16-14-24-59(61)60-25-15-17-27-62(60)64)42-56-44-77(47-73-56)72(53-18-8-5-9-19-53,54-20-10-6-11-21-54)55-22-12-7-13-23-55/h5-41,43-44,47,64-65,68-69H,42,45-46H2,1-4H3,(H,74,80)(H,75,78)(H,76,79)/t65-,69?/m0/s1. The van der Waals surface area contributed by atoms with E-state index in [9.17, 15) is 9.59 Å². The van der Waals surface area contributed by atoms with Crippen LogP contribution < -0.4 is 30.2 Å². The first kappa shape index (κ1) is 55.7. The van der Waals surface area contributed by atoms with E-state index in [0.29, 0.717) is 34.1 Å². The van der Waals surface area contributed by atoms with Gasteiger partial charge in [0.2, 0.25) is 5.91 Å². The van der Waals surface area contributed by atoms with Gasteiger partial charge in [-0.3, -0.25) is 9.59 Å². The van der Waals surface area contributed by atoms with Gasteiger partial charge in [-0.25, -0.2) is 9.78 Å². The summed E-state index contributed by atoms with van der Waals surface area (Å²) in [6, 6.07) is 73.4. The van der Waals surface area contributed by atoms with Crippen molar-refractivity contribution in [1.29, 1.82) is 0 Å². The summed E-state index contributed by atoms with van der Waals surface area (Å²) in [4.78, 5) is 48.5. The van der Waals surface area contributed by atoms with Crippen LogP contribution in [0.3, 0.4) is 0 Å². The van der Waals surface area contributed by atoms with Crippen LogP contribution in [0.5, 0.6) is 17.2 Å². The van der Waals surface area contributed by atoms with Crippen LogP contribution in [0.2, 0.25) is 0 Å². The van der Waals surface area contributed by atoms with Crippen molar-refractivity contribution in [3.63, 3.8) is 0 Å². The minimum absolute atomic E-state index is 0.0204. The number of amides is 3. The molecular weight excluding hydrogens is 1050 g/mol. The molecule has 0 saturated carbocycles. The molecule has 12 nitrogen and oxygen atoms in total. The van der Waals surface area contributed by atoms with Crippen LogP contribution in [-0.2, 0) is 26.3 Å². The fourth-order valence-corrected chi connectivity index (χ4v) is 11.5. The molecule has 0 spiro atoms. The van der Waals surface area contributed by atoms with E-state index in [-0.39, 0.29) is 31.5 Å². The van der Waals surface area contributed by atoms with Gasteiger partial charge >= 0.3 is 6.09 Å². The fourth-order valence-electron chi connectivity index (χ4n) is 11.5. The second kappa shape index (κ2) is 25.3. The highest BCUT2D eigenvalue weighted by Crippen LogP contribution is 2.45. The number of ether oxygens (including phenoxy) is 4. The van der Waals surface area contributed by atoms with E-state index in [2.05, 4.69) is 81.2 Å². The molecule has 9 aromatic carbocycles. The van der Waals surface area contributed by atoms with Gasteiger partial charge in [0.05, 0.1) is 38.3 Å². The Morgan fingerprint density at radius 3 is 1.58 bits per heavy atom. The Kier molecular flexibility index (Phi) is 16.8. The zero-order chi connectivity index (χ0) is 58.0. The topological polar surface area (TPSA) is 142 Å². The highest BCUT2D eigenvalue weighted by atomic mass is 16.5. The molecule has 84 heavy (non-hydrogen) atoms. The van der Waals surface area contributed by atoms with Crippen molar-refractivity contribution < 1.29 is 33.3 Å². The Hall–Kier alpha value is -10.2. The number of rotatable bonds is 21. The maximum atomic E-state index is 15.4. The number of benzene rings is 9. The number of nitrogens with zero attached hydrogens (tertiary/aromatic N) is 2. The first-order valence-corrected chi connectivity index (χ1v) is 28.1. The van der Waals surface area contributed by atoms with Gasteiger partial charge in [0.25, 0.3) is 5.91 Å². The van der Waals surface area contributed by atoms with Gasteiger partial charge < -0.3 is 39.5 Å². The first-order valence-electron chi connectivity index (χ1n) is 28.1. The number of hydrogen-bond acceptors (Lipinski definition) is 8. The molecule has 0 aliphatic heterocycles. The maximum Gasteiger partial charge on any atom is 0.407 e. The predicted molar refractivity (Wildman–Crippen MR) is 326 cm³/mol. The SMILES string of the molecule is COc1ccc(C(NC(=O)[C@H](Cc2cn(C(c3ccccc3)(c3ccccc3)c3ccccc3)cn2)NC(=O)OCC2c3ccccc3-c3ccccc32)c2ccc(OCC(=O)NC(c3ccc(C)cc3)c3ccc(C)cc3)cc2)c(OC)c1. The molecule has 10 aromatic rings. The fraction of sp³-hybridized carbons (Fsp3) is 0.167. The van der Waals surface area contributed by atoms with Crippen molar-refractivity contribution >= 4 is 17.9 Å². The van der Waals surface area contributed by atoms with E-state index in [4.69, 9.17) is 23.9 Å². The van der Waals surface area contributed by atoms with Crippen LogP contribution in [0.15, 0.2) is 243 Å². The van der Waals surface area contributed by atoms with E-state index in [1.807, 2.05) is 166 Å². The van der Waals surface area contributed by atoms with Crippen LogP contribution in [-0.4, -0.2) is 60.9 Å². The zero-order valence-electron chi connectivity index (χ0n) is 47.3. The molecule has 3 amide bonds. The third-order valence-corrected chi connectivity index (χ3v) is 15.7. The van der Waals surface area contributed by atoms with Gasteiger partial charge in [-0.1, -0.05) is 211 Å². The minimum Gasteiger partial charge on any atom is -0.497 e. The molecule has 420 valence electrons. The summed E-state index contributed by atoms with van der Waals surface area (Å²) >= 11 is 0. The summed E-state index contributed by atoms with van der Waals surface area (Å²) in [7, 11) is 3.13. The molecule has 3 N–H and O–H groups in total. The third-order valence-electron chi connectivity index (χ3n) is 15.7. The molecule has 2 atom stereocenters. The summed E-state index contributed by atoms with van der Waals surface area (Å²) < 4.78 is 25.9. The summed E-state index contributed by atoms with van der Waals surface area (Å²) in [6.07, 6.45) is 2.95. The number of carbonyl (C=O) groups is 3. The highest BCUT2D eigenvalue weighted by molar-refractivity contribution is 5.87. The maximum absolute atomic E-state index is 15.4. The van der Waals surface area contributed by atoms with Gasteiger partial charge in [0.15, 0.2) is 6.61 Å². The van der Waals surface area contributed by atoms with E-state index in [1.54, 1.807) is 44.8 Å². The number of alkyl carbamates (subject to hydrolysis) is 1. The van der Waals surface area contributed by atoms with Crippen molar-refractivity contribution in [2.24, 2.45) is 0 Å². The van der Waals surface area contributed by atoms with Gasteiger partial charge in [-0.05, 0) is 93.7 Å². The van der Waals surface area contributed by atoms with Crippen LogP contribution in [0.1, 0.15) is 84.9 Å². The lowest BCUT2D eigenvalue weighted by Crippen LogP contribution is -2.49. The average Bonchev–Trinajstić information content (AvgIpc) is 3.04. The van der Waals surface area contributed by atoms with E-state index < -0.39 is 35.7 Å². The van der Waals surface area contributed by atoms with Crippen molar-refractivity contribution in [1.82, 2.24) is 25.5 Å². The Morgan fingerprint density at radius 2 is 1.05 bits per heavy atom. The number of nitrogens with one attached hydrogen (secondary N) is 3. The summed E-state index contributed by atoms with van der Waals surface area (Å²) in [5, 5.41) is 9.44. The lowest BCUT2D eigenvalue weighted by molar-refractivity contribution is -0.124. The number of imidazole rings is 1. The molecule has 0 saturated heterocycles.